The summed E-state index contributed by atoms with van der Waals surface area (Å²) in [7, 11) is 1.72. The Kier molecular flexibility index (Phi) is 4.71. The minimum absolute atomic E-state index is 0.0819. The molecule has 0 saturated carbocycles. The summed E-state index contributed by atoms with van der Waals surface area (Å²) in [6.45, 7) is 1.71. The summed E-state index contributed by atoms with van der Waals surface area (Å²) < 4.78 is 20.9. The molecule has 2 aromatic rings. The van der Waals surface area contributed by atoms with Gasteiger partial charge in [-0.05, 0) is 18.9 Å². The van der Waals surface area contributed by atoms with E-state index in [1.54, 1.807) is 37.6 Å². The molecule has 1 aromatic carbocycles. The molecule has 5 nitrogen and oxygen atoms in total. The van der Waals surface area contributed by atoms with E-state index in [1.165, 1.54) is 10.6 Å². The highest BCUT2D eigenvalue weighted by Gasteiger charge is 2.22. The Morgan fingerprint density at radius 1 is 1.30 bits per heavy atom. The number of ether oxygens (including phenoxy) is 1. The lowest BCUT2D eigenvalue weighted by molar-refractivity contribution is 0.0236. The molecule has 1 fully saturated rings. The van der Waals surface area contributed by atoms with E-state index < -0.39 is 0 Å². The van der Waals surface area contributed by atoms with E-state index in [4.69, 9.17) is 4.74 Å². The molecule has 1 aliphatic rings. The first-order valence-electron chi connectivity index (χ1n) is 7.77. The van der Waals surface area contributed by atoms with Crippen LogP contribution in [-0.2, 0) is 18.4 Å². The summed E-state index contributed by atoms with van der Waals surface area (Å²) in [6.07, 6.45) is 4.97. The highest BCUT2D eigenvalue weighted by molar-refractivity contribution is 5.36. The zero-order valence-corrected chi connectivity index (χ0v) is 13.1. The van der Waals surface area contributed by atoms with Crippen molar-refractivity contribution in [3.63, 3.8) is 0 Å². The first-order valence-corrected chi connectivity index (χ1v) is 7.77. The molecule has 0 radical (unpaired) electrons. The van der Waals surface area contributed by atoms with E-state index in [9.17, 15) is 9.18 Å². The molecule has 1 saturated heterocycles. The van der Waals surface area contributed by atoms with Crippen LogP contribution in [0.1, 0.15) is 18.4 Å². The van der Waals surface area contributed by atoms with Crippen molar-refractivity contribution >= 4 is 5.82 Å². The van der Waals surface area contributed by atoms with Crippen LogP contribution in [0, 0.1) is 5.82 Å². The molecule has 0 spiro atoms. The van der Waals surface area contributed by atoms with Crippen molar-refractivity contribution in [2.45, 2.75) is 25.6 Å². The molecule has 0 unspecified atom stereocenters. The average molecular weight is 317 g/mol. The van der Waals surface area contributed by atoms with Crippen LogP contribution < -0.4 is 10.5 Å². The van der Waals surface area contributed by atoms with Crippen LogP contribution in [0.15, 0.2) is 41.5 Å². The summed E-state index contributed by atoms with van der Waals surface area (Å²) in [5.74, 6) is 0.254. The lowest BCUT2D eigenvalue weighted by Crippen LogP contribution is -2.41. The van der Waals surface area contributed by atoms with Crippen molar-refractivity contribution in [1.29, 1.82) is 0 Å². The van der Waals surface area contributed by atoms with E-state index in [-0.39, 0.29) is 24.1 Å². The van der Waals surface area contributed by atoms with Crippen molar-refractivity contribution in [2.75, 3.05) is 18.0 Å². The van der Waals surface area contributed by atoms with Gasteiger partial charge in [0.15, 0.2) is 5.82 Å². The predicted octanol–water partition coefficient (Wildman–Crippen LogP) is 2.10. The van der Waals surface area contributed by atoms with Crippen LogP contribution in [-0.4, -0.2) is 28.7 Å². The molecule has 0 bridgehead atoms. The molecule has 23 heavy (non-hydrogen) atoms. The molecular weight excluding hydrogens is 297 g/mol. The topological polar surface area (TPSA) is 47.4 Å². The Labute approximate surface area is 134 Å². The zero-order valence-electron chi connectivity index (χ0n) is 13.1. The predicted molar refractivity (Wildman–Crippen MR) is 85.9 cm³/mol. The molecule has 0 N–H and O–H groups in total. The van der Waals surface area contributed by atoms with E-state index in [1.807, 2.05) is 4.90 Å². The number of aromatic nitrogens is 2. The van der Waals surface area contributed by atoms with Gasteiger partial charge in [-0.25, -0.2) is 9.37 Å². The second-order valence-electron chi connectivity index (χ2n) is 5.76. The Morgan fingerprint density at radius 2 is 2.04 bits per heavy atom. The van der Waals surface area contributed by atoms with Crippen LogP contribution in [0.2, 0.25) is 0 Å². The molecule has 0 aliphatic carbocycles. The highest BCUT2D eigenvalue weighted by atomic mass is 19.1. The number of nitrogens with zero attached hydrogens (tertiary/aromatic N) is 3. The fourth-order valence-corrected chi connectivity index (χ4v) is 2.76. The molecule has 0 atom stereocenters. The molecule has 122 valence electrons. The first-order chi connectivity index (χ1) is 11.1. The number of hydrogen-bond acceptors (Lipinski definition) is 4. The SMILES string of the molecule is Cn1ccnc(N2CCC(OCc3ccccc3F)CC2)c1=O. The Hall–Kier alpha value is -2.21. The van der Waals surface area contributed by atoms with Gasteiger partial charge in [0.1, 0.15) is 5.82 Å². The normalized spacial score (nSPS) is 15.8. The van der Waals surface area contributed by atoms with Gasteiger partial charge in [-0.1, -0.05) is 18.2 Å². The van der Waals surface area contributed by atoms with Crippen molar-refractivity contribution in [3.05, 3.63) is 58.4 Å². The minimum atomic E-state index is -0.234. The molecule has 2 heterocycles. The number of rotatable bonds is 4. The lowest BCUT2D eigenvalue weighted by atomic mass is 10.1. The number of piperidine rings is 1. The molecule has 3 rings (SSSR count). The van der Waals surface area contributed by atoms with Crippen LogP contribution in [0.4, 0.5) is 10.2 Å². The van der Waals surface area contributed by atoms with Gasteiger partial charge in [0.25, 0.3) is 5.56 Å². The molecule has 1 aromatic heterocycles. The smallest absolute Gasteiger partial charge is 0.293 e. The first kappa shape index (κ1) is 15.7. The largest absolute Gasteiger partial charge is 0.373 e. The lowest BCUT2D eigenvalue weighted by Gasteiger charge is -2.32. The van der Waals surface area contributed by atoms with Crippen molar-refractivity contribution in [3.8, 4) is 0 Å². The quantitative estimate of drug-likeness (QED) is 0.866. The summed E-state index contributed by atoms with van der Waals surface area (Å²) in [5.41, 5.74) is 0.492. The third-order valence-corrected chi connectivity index (χ3v) is 4.17. The van der Waals surface area contributed by atoms with Crippen LogP contribution in [0.5, 0.6) is 0 Å². The van der Waals surface area contributed by atoms with Gasteiger partial charge < -0.3 is 14.2 Å². The van der Waals surface area contributed by atoms with Gasteiger partial charge in [-0.3, -0.25) is 4.79 Å². The Morgan fingerprint density at radius 3 is 2.78 bits per heavy atom. The van der Waals surface area contributed by atoms with Crippen molar-refractivity contribution < 1.29 is 9.13 Å². The van der Waals surface area contributed by atoms with Gasteiger partial charge in [0.05, 0.1) is 12.7 Å². The maximum Gasteiger partial charge on any atom is 0.293 e. The second kappa shape index (κ2) is 6.91. The van der Waals surface area contributed by atoms with Gasteiger partial charge in [-0.2, -0.15) is 0 Å². The fourth-order valence-electron chi connectivity index (χ4n) is 2.76. The van der Waals surface area contributed by atoms with Crippen LogP contribution >= 0.6 is 0 Å². The fraction of sp³-hybridized carbons (Fsp3) is 0.412. The monoisotopic (exact) mass is 317 g/mol. The highest BCUT2D eigenvalue weighted by Crippen LogP contribution is 2.19. The van der Waals surface area contributed by atoms with Gasteiger partial charge in [0, 0.05) is 38.1 Å². The number of anilines is 1. The summed E-state index contributed by atoms with van der Waals surface area (Å²) in [6, 6.07) is 6.66. The second-order valence-corrected chi connectivity index (χ2v) is 5.76. The number of benzene rings is 1. The van der Waals surface area contributed by atoms with Gasteiger partial charge in [0.2, 0.25) is 0 Å². The average Bonchev–Trinajstić information content (AvgIpc) is 2.57. The standard InChI is InChI=1S/C17H20FN3O2/c1-20-11-8-19-16(17(20)22)21-9-6-14(7-10-21)23-12-13-4-2-3-5-15(13)18/h2-5,8,11,14H,6-7,9-10,12H2,1H3. The summed E-state index contributed by atoms with van der Waals surface area (Å²) in [5, 5.41) is 0. The molecule has 1 aliphatic heterocycles. The third kappa shape index (κ3) is 3.59. The van der Waals surface area contributed by atoms with E-state index in [2.05, 4.69) is 4.98 Å². The maximum atomic E-state index is 13.6. The Bertz CT molecular complexity index is 724. The van der Waals surface area contributed by atoms with Crippen molar-refractivity contribution in [2.24, 2.45) is 7.05 Å². The Balaban J connectivity index is 1.55. The number of aryl methyl sites for hydroxylation is 1. The zero-order chi connectivity index (χ0) is 16.2. The van der Waals surface area contributed by atoms with E-state index >= 15 is 0 Å². The maximum absolute atomic E-state index is 13.6. The van der Waals surface area contributed by atoms with Crippen LogP contribution in [0.3, 0.4) is 0 Å². The van der Waals surface area contributed by atoms with E-state index in [0.29, 0.717) is 24.5 Å². The summed E-state index contributed by atoms with van der Waals surface area (Å²) >= 11 is 0. The van der Waals surface area contributed by atoms with Crippen molar-refractivity contribution in [1.82, 2.24) is 9.55 Å². The van der Waals surface area contributed by atoms with Gasteiger partial charge in [-0.15, -0.1) is 0 Å². The number of halogens is 1. The third-order valence-electron chi connectivity index (χ3n) is 4.17. The van der Waals surface area contributed by atoms with Crippen LogP contribution in [0.25, 0.3) is 0 Å². The number of hydrogen-bond donors (Lipinski definition) is 0. The molecule has 0 amide bonds. The van der Waals surface area contributed by atoms with E-state index in [0.717, 1.165) is 12.8 Å². The molecule has 6 heteroatoms. The minimum Gasteiger partial charge on any atom is -0.373 e. The van der Waals surface area contributed by atoms with Gasteiger partial charge >= 0.3 is 0 Å². The summed E-state index contributed by atoms with van der Waals surface area (Å²) in [4.78, 5) is 18.3. The molecular formula is C17H20FN3O2.